The van der Waals surface area contributed by atoms with E-state index in [1.165, 1.54) is 81.1 Å². The van der Waals surface area contributed by atoms with E-state index in [2.05, 4.69) is 55.3 Å². The molecule has 1 aliphatic heterocycles. The summed E-state index contributed by atoms with van der Waals surface area (Å²) >= 11 is 1.87. The minimum absolute atomic E-state index is 0.0524. The van der Waals surface area contributed by atoms with Crippen LogP contribution in [0.5, 0.6) is 11.5 Å². The van der Waals surface area contributed by atoms with Crippen molar-refractivity contribution in [2.75, 3.05) is 31.0 Å². The van der Waals surface area contributed by atoms with Crippen molar-refractivity contribution in [3.63, 3.8) is 0 Å². The van der Waals surface area contributed by atoms with Gasteiger partial charge in [0.2, 0.25) is 5.91 Å². The van der Waals surface area contributed by atoms with E-state index in [1.807, 2.05) is 28.8 Å². The lowest BCUT2D eigenvalue weighted by Gasteiger charge is -2.23. The van der Waals surface area contributed by atoms with Gasteiger partial charge in [-0.05, 0) is 60.1 Å². The summed E-state index contributed by atoms with van der Waals surface area (Å²) in [6.45, 7) is 8.23. The first-order chi connectivity index (χ1) is 20.5. The lowest BCUT2D eigenvalue weighted by molar-refractivity contribution is -0.116. The maximum atomic E-state index is 12.6. The zero-order valence-corrected chi connectivity index (χ0v) is 27.5. The highest BCUT2D eigenvalue weighted by molar-refractivity contribution is 8.03. The van der Waals surface area contributed by atoms with Gasteiger partial charge in [-0.2, -0.15) is 0 Å². The van der Waals surface area contributed by atoms with Crippen LogP contribution >= 0.6 is 11.8 Å². The molecule has 42 heavy (non-hydrogen) atoms. The van der Waals surface area contributed by atoms with Gasteiger partial charge in [-0.15, -0.1) is 11.8 Å². The minimum atomic E-state index is 0.0524. The van der Waals surface area contributed by atoms with Crippen molar-refractivity contribution in [1.82, 2.24) is 4.90 Å². The summed E-state index contributed by atoms with van der Waals surface area (Å²) in [7, 11) is 1.69. The van der Waals surface area contributed by atoms with E-state index >= 15 is 0 Å². The minimum Gasteiger partial charge on any atom is -0.493 e. The molecule has 0 fully saturated rings. The van der Waals surface area contributed by atoms with Crippen LogP contribution in [0, 0.1) is 0 Å². The van der Waals surface area contributed by atoms with Crippen LogP contribution in [-0.2, 0) is 17.8 Å². The highest BCUT2D eigenvalue weighted by Gasteiger charge is 2.15. The van der Waals surface area contributed by atoms with Gasteiger partial charge in [-0.3, -0.25) is 4.79 Å². The van der Waals surface area contributed by atoms with Crippen LogP contribution < -0.4 is 14.4 Å². The molecule has 0 saturated carbocycles. The molecule has 0 unspecified atom stereocenters. The molecular formula is C36H54N2O3S. The molecule has 232 valence electrons. The van der Waals surface area contributed by atoms with E-state index in [9.17, 15) is 4.79 Å². The third-order valence-electron chi connectivity index (χ3n) is 7.92. The summed E-state index contributed by atoms with van der Waals surface area (Å²) < 4.78 is 11.7. The highest BCUT2D eigenvalue weighted by atomic mass is 32.2. The molecule has 0 bridgehead atoms. The van der Waals surface area contributed by atoms with Crippen LogP contribution in [0.25, 0.3) is 0 Å². The molecule has 2 aromatic rings. The van der Waals surface area contributed by atoms with Gasteiger partial charge in [-0.1, -0.05) is 95.8 Å². The number of anilines is 1. The summed E-state index contributed by atoms with van der Waals surface area (Å²) in [6, 6.07) is 14.5. The fraction of sp³-hybridized carbons (Fsp3) is 0.583. The number of carbonyl (C=O) groups is 1. The number of hydrogen-bond acceptors (Lipinski definition) is 5. The van der Waals surface area contributed by atoms with E-state index in [0.717, 1.165) is 48.0 Å². The topological polar surface area (TPSA) is 42.0 Å². The number of amides is 1. The monoisotopic (exact) mass is 594 g/mol. The van der Waals surface area contributed by atoms with Gasteiger partial charge in [-0.25, -0.2) is 0 Å². The van der Waals surface area contributed by atoms with Crippen molar-refractivity contribution in [2.24, 2.45) is 0 Å². The first kappa shape index (κ1) is 33.9. The van der Waals surface area contributed by atoms with Crippen LogP contribution in [0.15, 0.2) is 53.6 Å². The molecule has 0 saturated heterocycles. The number of ether oxygens (including phenoxy) is 2. The summed E-state index contributed by atoms with van der Waals surface area (Å²) in [6.07, 6.45) is 18.9. The molecule has 3 rings (SSSR count). The zero-order valence-electron chi connectivity index (χ0n) is 26.7. The second kappa shape index (κ2) is 19.6. The van der Waals surface area contributed by atoms with Gasteiger partial charge < -0.3 is 19.3 Å². The maximum absolute atomic E-state index is 12.6. The number of allylic oxidation sites excluding steroid dienone is 1. The molecule has 6 heteroatoms. The SMILES string of the molecule is CCCCCCCCCCCCCCOc1cc(CCN(C(C)=O)c2cccc(CN3C=C(C)SC3)c2)ccc1OC. The van der Waals surface area contributed by atoms with Crippen LogP contribution in [-0.4, -0.2) is 36.9 Å². The van der Waals surface area contributed by atoms with E-state index < -0.39 is 0 Å². The molecule has 0 aromatic heterocycles. The summed E-state index contributed by atoms with van der Waals surface area (Å²) in [4.78, 5) is 18.2. The molecule has 1 amide bonds. The standard InChI is InChI=1S/C36H54N2O3S/c1-5-6-7-8-9-10-11-12-13-14-15-16-24-41-36-26-32(20-21-35(36)40-4)22-23-38(31(3)39)34-19-17-18-33(25-34)28-37-27-30(2)42-29-37/h17-21,25-27H,5-16,22-24,28-29H2,1-4H3. The van der Waals surface area contributed by atoms with Crippen molar-refractivity contribution < 1.29 is 14.3 Å². The van der Waals surface area contributed by atoms with Crippen LogP contribution in [0.1, 0.15) is 109 Å². The third kappa shape index (κ3) is 12.3. The summed E-state index contributed by atoms with van der Waals surface area (Å²) in [5.41, 5.74) is 3.30. The third-order valence-corrected chi connectivity index (χ3v) is 8.94. The van der Waals surface area contributed by atoms with Crippen LogP contribution in [0.3, 0.4) is 0 Å². The van der Waals surface area contributed by atoms with E-state index in [-0.39, 0.29) is 5.91 Å². The van der Waals surface area contributed by atoms with Gasteiger partial charge in [0.05, 0.1) is 19.6 Å². The van der Waals surface area contributed by atoms with Gasteiger partial charge in [0.1, 0.15) is 0 Å². The molecule has 5 nitrogen and oxygen atoms in total. The van der Waals surface area contributed by atoms with Crippen molar-refractivity contribution in [2.45, 2.75) is 111 Å². The summed E-state index contributed by atoms with van der Waals surface area (Å²) in [5.74, 6) is 2.59. The van der Waals surface area contributed by atoms with Gasteiger partial charge in [0, 0.05) is 31.9 Å². The number of carbonyl (C=O) groups excluding carboxylic acids is 1. The van der Waals surface area contributed by atoms with E-state index in [0.29, 0.717) is 13.2 Å². The molecule has 1 aliphatic rings. The Hall–Kier alpha value is -2.60. The summed E-state index contributed by atoms with van der Waals surface area (Å²) in [5, 5.41) is 0. The van der Waals surface area contributed by atoms with Crippen LogP contribution in [0.4, 0.5) is 5.69 Å². The number of rotatable bonds is 21. The molecule has 0 radical (unpaired) electrons. The number of thioether (sulfide) groups is 1. The van der Waals surface area contributed by atoms with Crippen molar-refractivity contribution in [3.05, 3.63) is 64.7 Å². The molecule has 0 spiro atoms. The number of benzene rings is 2. The quantitative estimate of drug-likeness (QED) is 0.135. The number of hydrogen-bond donors (Lipinski definition) is 0. The molecule has 2 aromatic carbocycles. The van der Waals surface area contributed by atoms with Gasteiger partial charge in [0.25, 0.3) is 0 Å². The van der Waals surface area contributed by atoms with Crippen LogP contribution in [0.2, 0.25) is 0 Å². The Kier molecular flexibility index (Phi) is 15.8. The first-order valence-corrected chi connectivity index (χ1v) is 17.2. The fourth-order valence-electron chi connectivity index (χ4n) is 5.49. The fourth-order valence-corrected chi connectivity index (χ4v) is 6.25. The Morgan fingerprint density at radius 1 is 0.881 bits per heavy atom. The predicted octanol–water partition coefficient (Wildman–Crippen LogP) is 9.74. The predicted molar refractivity (Wildman–Crippen MR) is 179 cm³/mol. The molecule has 1 heterocycles. The number of nitrogens with zero attached hydrogens (tertiary/aromatic N) is 2. The van der Waals surface area contributed by atoms with E-state index in [1.54, 1.807) is 14.0 Å². The normalized spacial score (nSPS) is 12.9. The highest BCUT2D eigenvalue weighted by Crippen LogP contribution is 2.30. The average Bonchev–Trinajstić information content (AvgIpc) is 3.39. The average molecular weight is 595 g/mol. The Labute approximate surface area is 260 Å². The lowest BCUT2D eigenvalue weighted by Crippen LogP contribution is -2.30. The zero-order chi connectivity index (χ0) is 30.0. The number of unbranched alkanes of at least 4 members (excludes halogenated alkanes) is 11. The first-order valence-electron chi connectivity index (χ1n) is 16.2. The Bertz CT molecular complexity index is 1100. The molecular weight excluding hydrogens is 540 g/mol. The molecule has 0 atom stereocenters. The maximum Gasteiger partial charge on any atom is 0.223 e. The number of methoxy groups -OCH3 is 1. The Morgan fingerprint density at radius 3 is 2.19 bits per heavy atom. The van der Waals surface area contributed by atoms with Gasteiger partial charge >= 0.3 is 0 Å². The molecule has 0 aliphatic carbocycles. The van der Waals surface area contributed by atoms with Crippen molar-refractivity contribution in [3.8, 4) is 11.5 Å². The Morgan fingerprint density at radius 2 is 1.57 bits per heavy atom. The van der Waals surface area contributed by atoms with E-state index in [4.69, 9.17) is 9.47 Å². The Balaban J connectivity index is 1.42. The van der Waals surface area contributed by atoms with Crippen molar-refractivity contribution >= 4 is 23.4 Å². The largest absolute Gasteiger partial charge is 0.493 e. The molecule has 0 N–H and O–H groups in total. The van der Waals surface area contributed by atoms with Gasteiger partial charge in [0.15, 0.2) is 11.5 Å². The van der Waals surface area contributed by atoms with Crippen molar-refractivity contribution in [1.29, 1.82) is 0 Å². The smallest absolute Gasteiger partial charge is 0.223 e. The lowest BCUT2D eigenvalue weighted by atomic mass is 10.1. The second-order valence-electron chi connectivity index (χ2n) is 11.6. The second-order valence-corrected chi connectivity index (χ2v) is 12.8.